The molecular formula is C10H7ClFN3O2S. The van der Waals surface area contributed by atoms with E-state index in [2.05, 4.69) is 14.7 Å². The van der Waals surface area contributed by atoms with Crippen molar-refractivity contribution in [2.75, 3.05) is 4.72 Å². The van der Waals surface area contributed by atoms with Crippen LogP contribution in [0.15, 0.2) is 41.6 Å². The molecular weight excluding hydrogens is 281 g/mol. The zero-order chi connectivity index (χ0) is 13.2. The van der Waals surface area contributed by atoms with Crippen LogP contribution in [0.1, 0.15) is 0 Å². The third-order valence-electron chi connectivity index (χ3n) is 1.93. The topological polar surface area (TPSA) is 72.0 Å². The van der Waals surface area contributed by atoms with Crippen molar-refractivity contribution in [2.24, 2.45) is 0 Å². The van der Waals surface area contributed by atoms with Crippen molar-refractivity contribution in [1.82, 2.24) is 9.97 Å². The highest BCUT2D eigenvalue weighted by Crippen LogP contribution is 2.16. The van der Waals surface area contributed by atoms with Gasteiger partial charge in [0, 0.05) is 6.20 Å². The zero-order valence-corrected chi connectivity index (χ0v) is 10.4. The molecule has 0 saturated carbocycles. The van der Waals surface area contributed by atoms with Crippen LogP contribution in [0.2, 0.25) is 5.15 Å². The summed E-state index contributed by atoms with van der Waals surface area (Å²) in [5.74, 6) is -0.945. The average Bonchev–Trinajstić information content (AvgIpc) is 2.28. The zero-order valence-electron chi connectivity index (χ0n) is 8.84. The summed E-state index contributed by atoms with van der Waals surface area (Å²) in [6.07, 6.45) is 1.18. The Kier molecular flexibility index (Phi) is 3.44. The fraction of sp³-hybridized carbons (Fsp3) is 0. The molecule has 18 heavy (non-hydrogen) atoms. The lowest BCUT2D eigenvalue weighted by Gasteiger charge is -2.06. The number of nitrogens with zero attached hydrogens (tertiary/aromatic N) is 2. The number of hydrogen-bond donors (Lipinski definition) is 1. The second kappa shape index (κ2) is 4.87. The number of pyridine rings is 2. The van der Waals surface area contributed by atoms with Gasteiger partial charge in [-0.05, 0) is 24.3 Å². The average molecular weight is 288 g/mol. The molecule has 8 heteroatoms. The van der Waals surface area contributed by atoms with E-state index in [0.29, 0.717) is 0 Å². The third-order valence-corrected chi connectivity index (χ3v) is 3.43. The van der Waals surface area contributed by atoms with Crippen LogP contribution in [-0.2, 0) is 10.0 Å². The van der Waals surface area contributed by atoms with Crippen molar-refractivity contribution < 1.29 is 12.8 Å². The maximum absolute atomic E-state index is 13.3. The number of nitrogens with one attached hydrogen (secondary N) is 1. The highest BCUT2D eigenvalue weighted by atomic mass is 35.5. The molecule has 0 saturated heterocycles. The van der Waals surface area contributed by atoms with E-state index in [9.17, 15) is 12.8 Å². The summed E-state index contributed by atoms with van der Waals surface area (Å²) < 4.78 is 39.1. The standard InChI is InChI=1S/C10H7ClFN3O2S/c11-8-4-1-5-9(14-8)15-18(16,17)10-7(12)3-2-6-13-10/h1-6H,(H,14,15). The van der Waals surface area contributed by atoms with Gasteiger partial charge in [-0.2, -0.15) is 8.42 Å². The summed E-state index contributed by atoms with van der Waals surface area (Å²) in [4.78, 5) is 7.22. The SMILES string of the molecule is O=S(=O)(Nc1cccc(Cl)n1)c1ncccc1F. The molecule has 5 nitrogen and oxygen atoms in total. The Morgan fingerprint density at radius 2 is 2.00 bits per heavy atom. The molecule has 0 fully saturated rings. The lowest BCUT2D eigenvalue weighted by Crippen LogP contribution is -2.16. The van der Waals surface area contributed by atoms with Crippen LogP contribution in [0.4, 0.5) is 10.2 Å². The monoisotopic (exact) mass is 287 g/mol. The van der Waals surface area contributed by atoms with Crippen LogP contribution in [0, 0.1) is 5.82 Å². The molecule has 0 aromatic carbocycles. The molecule has 2 aromatic heterocycles. The molecule has 2 rings (SSSR count). The van der Waals surface area contributed by atoms with Gasteiger partial charge in [-0.25, -0.2) is 14.4 Å². The first-order chi connectivity index (χ1) is 8.49. The molecule has 0 bridgehead atoms. The van der Waals surface area contributed by atoms with Crippen LogP contribution in [0.25, 0.3) is 0 Å². The van der Waals surface area contributed by atoms with Gasteiger partial charge in [-0.1, -0.05) is 17.7 Å². The highest BCUT2D eigenvalue weighted by Gasteiger charge is 2.20. The smallest absolute Gasteiger partial charge is 0.262 e. The first kappa shape index (κ1) is 12.7. The number of halogens is 2. The fourth-order valence-corrected chi connectivity index (χ4v) is 2.39. The van der Waals surface area contributed by atoms with E-state index in [0.717, 1.165) is 6.07 Å². The van der Waals surface area contributed by atoms with Gasteiger partial charge in [0.15, 0.2) is 5.82 Å². The minimum Gasteiger partial charge on any atom is -0.262 e. The second-order valence-corrected chi connectivity index (χ2v) is 5.23. The first-order valence-electron chi connectivity index (χ1n) is 4.75. The van der Waals surface area contributed by atoms with Crippen LogP contribution in [0.3, 0.4) is 0 Å². The van der Waals surface area contributed by atoms with Crippen molar-refractivity contribution in [1.29, 1.82) is 0 Å². The van der Waals surface area contributed by atoms with E-state index in [-0.39, 0.29) is 11.0 Å². The quantitative estimate of drug-likeness (QED) is 0.877. The Morgan fingerprint density at radius 3 is 2.67 bits per heavy atom. The van der Waals surface area contributed by atoms with Gasteiger partial charge >= 0.3 is 0 Å². The number of hydrogen-bond acceptors (Lipinski definition) is 4. The van der Waals surface area contributed by atoms with Crippen LogP contribution in [-0.4, -0.2) is 18.4 Å². The number of anilines is 1. The second-order valence-electron chi connectivity index (χ2n) is 3.24. The van der Waals surface area contributed by atoms with Crippen molar-refractivity contribution in [3.63, 3.8) is 0 Å². The minimum atomic E-state index is -4.12. The van der Waals surface area contributed by atoms with Gasteiger partial charge in [-0.3, -0.25) is 4.72 Å². The molecule has 0 atom stereocenters. The highest BCUT2D eigenvalue weighted by molar-refractivity contribution is 7.92. The molecule has 0 radical (unpaired) electrons. The van der Waals surface area contributed by atoms with Gasteiger partial charge in [0.1, 0.15) is 11.0 Å². The van der Waals surface area contributed by atoms with Crippen molar-refractivity contribution >= 4 is 27.4 Å². The Morgan fingerprint density at radius 1 is 1.22 bits per heavy atom. The largest absolute Gasteiger partial charge is 0.283 e. The minimum absolute atomic E-state index is 0.00690. The Labute approximate surface area is 108 Å². The summed E-state index contributed by atoms with van der Waals surface area (Å²) in [5.41, 5.74) is 0. The van der Waals surface area contributed by atoms with Gasteiger partial charge in [0.05, 0.1) is 0 Å². The van der Waals surface area contributed by atoms with E-state index < -0.39 is 20.9 Å². The number of sulfonamides is 1. The molecule has 0 amide bonds. The lowest BCUT2D eigenvalue weighted by atomic mass is 10.5. The van der Waals surface area contributed by atoms with Crippen LogP contribution < -0.4 is 4.72 Å². The molecule has 94 valence electrons. The van der Waals surface area contributed by atoms with E-state index >= 15 is 0 Å². The maximum Gasteiger partial charge on any atom is 0.283 e. The molecule has 2 aromatic rings. The van der Waals surface area contributed by atoms with E-state index in [1.807, 2.05) is 0 Å². The lowest BCUT2D eigenvalue weighted by molar-refractivity contribution is 0.556. The van der Waals surface area contributed by atoms with Crippen LogP contribution in [0.5, 0.6) is 0 Å². The van der Waals surface area contributed by atoms with E-state index in [4.69, 9.17) is 11.6 Å². The van der Waals surface area contributed by atoms with Gasteiger partial charge in [-0.15, -0.1) is 0 Å². The Hall–Kier alpha value is -1.73. The van der Waals surface area contributed by atoms with Crippen molar-refractivity contribution in [3.05, 3.63) is 47.5 Å². The van der Waals surface area contributed by atoms with E-state index in [1.54, 1.807) is 0 Å². The maximum atomic E-state index is 13.3. The molecule has 0 aliphatic heterocycles. The van der Waals surface area contributed by atoms with Gasteiger partial charge < -0.3 is 0 Å². The van der Waals surface area contributed by atoms with Crippen molar-refractivity contribution in [2.45, 2.75) is 5.03 Å². The van der Waals surface area contributed by atoms with Gasteiger partial charge in [0.25, 0.3) is 10.0 Å². The van der Waals surface area contributed by atoms with Crippen LogP contribution >= 0.6 is 11.6 Å². The predicted octanol–water partition coefficient (Wildman–Crippen LogP) is 2.07. The molecule has 0 spiro atoms. The number of rotatable bonds is 3. The first-order valence-corrected chi connectivity index (χ1v) is 6.61. The van der Waals surface area contributed by atoms with E-state index in [1.165, 1.54) is 30.5 Å². The molecule has 0 unspecified atom stereocenters. The summed E-state index contributed by atoms with van der Waals surface area (Å²) in [5, 5.41) is -0.566. The molecule has 0 aliphatic carbocycles. The predicted molar refractivity (Wildman–Crippen MR) is 64.3 cm³/mol. The van der Waals surface area contributed by atoms with Crippen molar-refractivity contribution in [3.8, 4) is 0 Å². The normalized spacial score (nSPS) is 11.2. The summed E-state index contributed by atoms with van der Waals surface area (Å²) in [6.45, 7) is 0. The summed E-state index contributed by atoms with van der Waals surface area (Å²) in [7, 11) is -4.12. The third kappa shape index (κ3) is 2.74. The Bertz CT molecular complexity index is 678. The molecule has 0 aliphatic rings. The molecule has 2 heterocycles. The summed E-state index contributed by atoms with van der Waals surface area (Å²) >= 11 is 5.62. The fourth-order valence-electron chi connectivity index (χ4n) is 1.22. The summed E-state index contributed by atoms with van der Waals surface area (Å²) in [6, 6.07) is 6.70. The van der Waals surface area contributed by atoms with Gasteiger partial charge in [0.2, 0.25) is 5.03 Å². The molecule has 1 N–H and O–H groups in total. The Balaban J connectivity index is 2.37. The number of aromatic nitrogens is 2.